The molecular formula is C33H33F4N5O3. The Morgan fingerprint density at radius 2 is 1.56 bits per heavy atom. The fourth-order valence-corrected chi connectivity index (χ4v) is 4.76. The number of hydrogen-bond donors (Lipinski definition) is 4. The number of nitriles is 2. The highest BCUT2D eigenvalue weighted by Crippen LogP contribution is 2.40. The summed E-state index contributed by atoms with van der Waals surface area (Å²) in [7, 11) is 0. The van der Waals surface area contributed by atoms with Gasteiger partial charge in [-0.25, -0.2) is 9.18 Å². The molecule has 45 heavy (non-hydrogen) atoms. The summed E-state index contributed by atoms with van der Waals surface area (Å²) < 4.78 is 57.1. The molecule has 1 aliphatic rings. The topological polar surface area (TPSA) is 152 Å². The zero-order chi connectivity index (χ0) is 33.3. The van der Waals surface area contributed by atoms with Crippen molar-refractivity contribution in [3.05, 3.63) is 94.8 Å². The molecule has 5 N–H and O–H groups in total. The molecule has 0 bridgehead atoms. The maximum Gasteiger partial charge on any atom is 0.407 e. The lowest BCUT2D eigenvalue weighted by Crippen LogP contribution is -2.53. The first-order valence-corrected chi connectivity index (χ1v) is 14.1. The molecule has 1 aliphatic carbocycles. The second kappa shape index (κ2) is 15.2. The Morgan fingerprint density at radius 3 is 2.00 bits per heavy atom. The summed E-state index contributed by atoms with van der Waals surface area (Å²) in [6.07, 6.45) is -3.89. The minimum Gasteiger partial charge on any atom is -0.465 e. The average molecular weight is 624 g/mol. The van der Waals surface area contributed by atoms with Gasteiger partial charge in [-0.2, -0.15) is 23.7 Å². The summed E-state index contributed by atoms with van der Waals surface area (Å²) >= 11 is 0. The average Bonchev–Trinajstić information content (AvgIpc) is 3.83. The predicted molar refractivity (Wildman–Crippen MR) is 159 cm³/mol. The number of nitrogens with two attached hydrogens (primary N) is 1. The molecule has 12 heteroatoms. The van der Waals surface area contributed by atoms with Crippen LogP contribution in [0.25, 0.3) is 11.1 Å². The largest absolute Gasteiger partial charge is 0.465 e. The molecule has 1 saturated carbocycles. The van der Waals surface area contributed by atoms with Crippen molar-refractivity contribution in [3.63, 3.8) is 0 Å². The zero-order valence-corrected chi connectivity index (χ0v) is 24.6. The molecule has 0 saturated heterocycles. The van der Waals surface area contributed by atoms with Crippen LogP contribution < -0.4 is 16.4 Å². The highest BCUT2D eigenvalue weighted by Gasteiger charge is 2.43. The smallest absolute Gasteiger partial charge is 0.407 e. The quantitative estimate of drug-likeness (QED) is 0.194. The summed E-state index contributed by atoms with van der Waals surface area (Å²) in [6, 6.07) is 16.9. The summed E-state index contributed by atoms with van der Waals surface area (Å²) in [5, 5.41) is 30.6. The lowest BCUT2D eigenvalue weighted by Gasteiger charge is -2.30. The first kappa shape index (κ1) is 34.5. The van der Waals surface area contributed by atoms with Gasteiger partial charge in [0, 0.05) is 6.42 Å². The van der Waals surface area contributed by atoms with Crippen LogP contribution in [0.2, 0.25) is 0 Å². The number of primary amides is 1. The summed E-state index contributed by atoms with van der Waals surface area (Å²) in [5.74, 6) is -1.47. The molecule has 8 nitrogen and oxygen atoms in total. The number of halogens is 4. The number of nitrogens with one attached hydrogen (secondary N) is 2. The Balaban J connectivity index is 0.00000130. The van der Waals surface area contributed by atoms with Crippen LogP contribution in [0.3, 0.4) is 0 Å². The third-order valence-electron chi connectivity index (χ3n) is 7.24. The first-order valence-electron chi connectivity index (χ1n) is 14.1. The maximum atomic E-state index is 14.3. The van der Waals surface area contributed by atoms with Crippen LogP contribution in [0.5, 0.6) is 0 Å². The Kier molecular flexibility index (Phi) is 11.7. The van der Waals surface area contributed by atoms with E-state index in [1.807, 2.05) is 24.3 Å². The van der Waals surface area contributed by atoms with E-state index in [0.717, 1.165) is 17.2 Å². The van der Waals surface area contributed by atoms with Crippen molar-refractivity contribution in [1.82, 2.24) is 10.6 Å². The molecule has 0 heterocycles. The number of alkyl halides is 3. The van der Waals surface area contributed by atoms with Crippen LogP contribution in [-0.4, -0.2) is 35.4 Å². The fraction of sp³-hybridized carbons (Fsp3) is 0.333. The second-order valence-corrected chi connectivity index (χ2v) is 11.0. The molecule has 1 fully saturated rings. The minimum atomic E-state index is -4.71. The third-order valence-corrected chi connectivity index (χ3v) is 7.24. The first-order chi connectivity index (χ1) is 21.2. The summed E-state index contributed by atoms with van der Waals surface area (Å²) in [4.78, 5) is 21.9. The van der Waals surface area contributed by atoms with Crippen LogP contribution >= 0.6 is 0 Å². The van der Waals surface area contributed by atoms with Gasteiger partial charge >= 0.3 is 12.3 Å². The lowest BCUT2D eigenvalue weighted by atomic mass is 9.96. The van der Waals surface area contributed by atoms with E-state index in [1.54, 1.807) is 26.0 Å². The van der Waals surface area contributed by atoms with E-state index in [9.17, 15) is 27.6 Å². The van der Waals surface area contributed by atoms with Crippen LogP contribution in [-0.2, 0) is 11.2 Å². The normalized spacial score (nSPS) is 14.6. The van der Waals surface area contributed by atoms with Gasteiger partial charge in [0.1, 0.15) is 17.9 Å². The molecule has 236 valence electrons. The SMILES string of the molecule is CC(C)[C@H](N[C@@H](c1ccc(-c2ccc(C3CC3)cc2)cc1)C(F)(F)F)C(=O)N[C@H](C#N)Cc1ccc(C#N)cc1F.NC(=O)O. The number of carbonyl (C=O) groups excluding carboxylic acids is 1. The highest BCUT2D eigenvalue weighted by molar-refractivity contribution is 5.82. The number of carbonyl (C=O) groups is 2. The van der Waals surface area contributed by atoms with E-state index >= 15 is 0 Å². The molecular weight excluding hydrogens is 590 g/mol. The summed E-state index contributed by atoms with van der Waals surface area (Å²) in [6.45, 7) is 3.20. The van der Waals surface area contributed by atoms with E-state index in [2.05, 4.69) is 28.5 Å². The van der Waals surface area contributed by atoms with E-state index in [0.29, 0.717) is 5.92 Å². The van der Waals surface area contributed by atoms with Gasteiger partial charge < -0.3 is 16.2 Å². The van der Waals surface area contributed by atoms with Crippen LogP contribution in [0.15, 0.2) is 66.7 Å². The van der Waals surface area contributed by atoms with E-state index in [-0.39, 0.29) is 23.1 Å². The Bertz CT molecular complexity index is 1550. The van der Waals surface area contributed by atoms with Crippen molar-refractivity contribution in [3.8, 4) is 23.3 Å². The van der Waals surface area contributed by atoms with Gasteiger partial charge in [-0.05, 0) is 64.6 Å². The van der Waals surface area contributed by atoms with E-state index in [1.165, 1.54) is 42.7 Å². The van der Waals surface area contributed by atoms with Crippen molar-refractivity contribution in [2.24, 2.45) is 11.7 Å². The van der Waals surface area contributed by atoms with Gasteiger partial charge in [-0.3, -0.25) is 10.1 Å². The zero-order valence-electron chi connectivity index (χ0n) is 24.6. The molecule has 0 aromatic heterocycles. The minimum absolute atomic E-state index is 0.0502. The predicted octanol–water partition coefficient (Wildman–Crippen LogP) is 6.33. The van der Waals surface area contributed by atoms with Gasteiger partial charge in [0.2, 0.25) is 5.91 Å². The number of nitrogens with zero attached hydrogens (tertiary/aromatic N) is 2. The monoisotopic (exact) mass is 623 g/mol. The molecule has 2 amide bonds. The number of amides is 2. The molecule has 4 rings (SSSR count). The van der Waals surface area contributed by atoms with Crippen LogP contribution in [0, 0.1) is 34.4 Å². The van der Waals surface area contributed by atoms with Crippen molar-refractivity contribution >= 4 is 12.0 Å². The van der Waals surface area contributed by atoms with Gasteiger partial charge in [0.15, 0.2) is 0 Å². The molecule has 3 aromatic rings. The molecule has 3 atom stereocenters. The number of rotatable bonds is 10. The number of hydrogen-bond acceptors (Lipinski definition) is 5. The van der Waals surface area contributed by atoms with Gasteiger partial charge in [-0.1, -0.05) is 68.4 Å². The Morgan fingerprint density at radius 1 is 1.00 bits per heavy atom. The van der Waals surface area contributed by atoms with Crippen molar-refractivity contribution in [2.75, 3.05) is 0 Å². The van der Waals surface area contributed by atoms with Crippen molar-refractivity contribution in [2.45, 2.75) is 63.3 Å². The fourth-order valence-electron chi connectivity index (χ4n) is 4.76. The van der Waals surface area contributed by atoms with Gasteiger partial charge in [0.05, 0.1) is 23.7 Å². The number of carboxylic acid groups (broad SMARTS) is 1. The Labute approximate surface area is 258 Å². The standard InChI is InChI=1S/C32H30F4N4O.CH3NO2/c1-19(2)29(31(41)39-27(18-38)16-26-4-3-20(17-37)15-28(26)33)40-30(32(34,35)36)25-13-11-24(12-14-25)23-9-7-22(8-10-23)21-5-6-21;2-1(3)4/h3-4,7-15,19,21,27,29-30,40H,5-6,16H2,1-2H3,(H,39,41);2H2,(H,3,4)/t27-,29-,30-;/m0./s1. The third kappa shape index (κ3) is 10.1. The van der Waals surface area contributed by atoms with E-state index < -0.39 is 48.0 Å². The number of benzene rings is 3. The second-order valence-electron chi connectivity index (χ2n) is 11.0. The van der Waals surface area contributed by atoms with Crippen LogP contribution in [0.4, 0.5) is 22.4 Å². The van der Waals surface area contributed by atoms with Crippen LogP contribution in [0.1, 0.15) is 60.9 Å². The molecule has 0 spiro atoms. The summed E-state index contributed by atoms with van der Waals surface area (Å²) in [5.41, 5.74) is 7.13. The van der Waals surface area contributed by atoms with Gasteiger partial charge in [0.25, 0.3) is 0 Å². The molecule has 0 aliphatic heterocycles. The van der Waals surface area contributed by atoms with Crippen molar-refractivity contribution < 1.29 is 32.3 Å². The highest BCUT2D eigenvalue weighted by atomic mass is 19.4. The molecule has 0 unspecified atom stereocenters. The van der Waals surface area contributed by atoms with Gasteiger partial charge in [-0.15, -0.1) is 0 Å². The maximum absolute atomic E-state index is 14.3. The lowest BCUT2D eigenvalue weighted by molar-refractivity contribution is -0.161. The molecule has 3 aromatic carbocycles. The Hall–Kier alpha value is -4.94. The van der Waals surface area contributed by atoms with E-state index in [4.69, 9.17) is 15.2 Å². The molecule has 0 radical (unpaired) electrons. The van der Waals surface area contributed by atoms with Crippen molar-refractivity contribution in [1.29, 1.82) is 10.5 Å².